The number of rotatable bonds is 3. The number of aromatic nitrogens is 5. The van der Waals surface area contributed by atoms with Crippen molar-refractivity contribution in [2.24, 2.45) is 7.05 Å². The third-order valence-electron chi connectivity index (χ3n) is 2.09. The molecule has 0 aliphatic heterocycles. The van der Waals surface area contributed by atoms with Gasteiger partial charge in [-0.05, 0) is 18.0 Å². The molecule has 0 aliphatic carbocycles. The van der Waals surface area contributed by atoms with Crippen LogP contribution in [0, 0.1) is 0 Å². The topological polar surface area (TPSA) is 48.5 Å². The predicted octanol–water partition coefficient (Wildman–Crippen LogP) is 1.61. The van der Waals surface area contributed by atoms with E-state index in [0.29, 0.717) is 5.28 Å². The smallest absolute Gasteiger partial charge is 0.230 e. The maximum absolute atomic E-state index is 5.96. The number of nitrogens with zero attached hydrogens (tertiary/aromatic N) is 5. The zero-order chi connectivity index (χ0) is 10.8. The zero-order valence-corrected chi connectivity index (χ0v) is 9.44. The largest absolute Gasteiger partial charge is 0.274 e. The van der Waals surface area contributed by atoms with Crippen LogP contribution in [0.2, 0.25) is 5.28 Å². The monoisotopic (exact) mass is 225 g/mol. The zero-order valence-electron chi connectivity index (χ0n) is 8.68. The lowest BCUT2D eigenvalue weighted by molar-refractivity contribution is 0.733. The van der Waals surface area contributed by atoms with Crippen molar-refractivity contribution in [2.75, 3.05) is 0 Å². The standard InChI is InChI=1S/C9H12ClN5/c1-3-4-7-11-12-9(10)15(7)8-5-6-14(2)13-8/h5-6H,3-4H2,1-2H3. The summed E-state index contributed by atoms with van der Waals surface area (Å²) in [7, 11) is 1.86. The molecule has 0 amide bonds. The SMILES string of the molecule is CCCc1nnc(Cl)n1-c1ccn(C)n1. The van der Waals surface area contributed by atoms with Crippen molar-refractivity contribution < 1.29 is 0 Å². The molecule has 15 heavy (non-hydrogen) atoms. The van der Waals surface area contributed by atoms with E-state index in [4.69, 9.17) is 11.6 Å². The van der Waals surface area contributed by atoms with Crippen LogP contribution in [0.15, 0.2) is 12.3 Å². The summed E-state index contributed by atoms with van der Waals surface area (Å²) < 4.78 is 3.49. The fourth-order valence-electron chi connectivity index (χ4n) is 1.43. The van der Waals surface area contributed by atoms with E-state index in [-0.39, 0.29) is 0 Å². The van der Waals surface area contributed by atoms with Crippen LogP contribution in [0.5, 0.6) is 0 Å². The van der Waals surface area contributed by atoms with Crippen molar-refractivity contribution >= 4 is 11.6 Å². The lowest BCUT2D eigenvalue weighted by Crippen LogP contribution is -2.03. The van der Waals surface area contributed by atoms with Crippen LogP contribution in [0.4, 0.5) is 0 Å². The highest BCUT2D eigenvalue weighted by Gasteiger charge is 2.12. The first-order chi connectivity index (χ1) is 7.22. The maximum Gasteiger partial charge on any atom is 0.230 e. The molecular formula is C9H12ClN5. The van der Waals surface area contributed by atoms with Crippen LogP contribution in [0.25, 0.3) is 5.82 Å². The third-order valence-corrected chi connectivity index (χ3v) is 2.34. The molecule has 2 aromatic heterocycles. The van der Waals surface area contributed by atoms with E-state index in [1.54, 1.807) is 9.25 Å². The van der Waals surface area contributed by atoms with Gasteiger partial charge in [0.25, 0.3) is 0 Å². The van der Waals surface area contributed by atoms with E-state index in [1.165, 1.54) is 0 Å². The van der Waals surface area contributed by atoms with Crippen LogP contribution in [-0.4, -0.2) is 24.5 Å². The van der Waals surface area contributed by atoms with E-state index < -0.39 is 0 Å². The van der Waals surface area contributed by atoms with E-state index in [0.717, 1.165) is 24.5 Å². The first-order valence-electron chi connectivity index (χ1n) is 4.82. The summed E-state index contributed by atoms with van der Waals surface area (Å²) in [5, 5.41) is 12.5. The maximum atomic E-state index is 5.96. The van der Waals surface area contributed by atoms with Crippen molar-refractivity contribution in [1.29, 1.82) is 0 Å². The molecule has 0 N–H and O–H groups in total. The molecule has 2 rings (SSSR count). The van der Waals surface area contributed by atoms with Gasteiger partial charge in [0.05, 0.1) is 0 Å². The van der Waals surface area contributed by atoms with E-state index in [9.17, 15) is 0 Å². The van der Waals surface area contributed by atoms with Gasteiger partial charge in [0.15, 0.2) is 5.82 Å². The first kappa shape index (κ1) is 10.2. The Kier molecular flexibility index (Phi) is 2.73. The molecule has 0 aliphatic rings. The average Bonchev–Trinajstić information content (AvgIpc) is 2.74. The van der Waals surface area contributed by atoms with Crippen LogP contribution in [-0.2, 0) is 13.5 Å². The molecule has 0 fully saturated rings. The normalized spacial score (nSPS) is 10.9. The minimum absolute atomic E-state index is 0.358. The molecule has 0 saturated heterocycles. The van der Waals surface area contributed by atoms with Gasteiger partial charge in [-0.25, -0.2) is 0 Å². The Morgan fingerprint density at radius 2 is 2.20 bits per heavy atom. The highest BCUT2D eigenvalue weighted by Crippen LogP contribution is 2.15. The van der Waals surface area contributed by atoms with Crippen LogP contribution in [0.1, 0.15) is 19.2 Å². The molecule has 2 heterocycles. The summed E-state index contributed by atoms with van der Waals surface area (Å²) in [6, 6.07) is 1.88. The van der Waals surface area contributed by atoms with Gasteiger partial charge in [-0.1, -0.05) is 6.92 Å². The highest BCUT2D eigenvalue weighted by molar-refractivity contribution is 6.28. The van der Waals surface area contributed by atoms with E-state index >= 15 is 0 Å². The molecule has 0 radical (unpaired) electrons. The fourth-order valence-corrected chi connectivity index (χ4v) is 1.65. The van der Waals surface area contributed by atoms with Gasteiger partial charge in [0.2, 0.25) is 5.28 Å². The second kappa shape index (κ2) is 4.02. The van der Waals surface area contributed by atoms with Gasteiger partial charge < -0.3 is 0 Å². The minimum atomic E-state index is 0.358. The Hall–Kier alpha value is -1.36. The second-order valence-corrected chi connectivity index (χ2v) is 3.66. The number of halogens is 1. The van der Waals surface area contributed by atoms with Crippen molar-refractivity contribution in [2.45, 2.75) is 19.8 Å². The molecule has 0 aromatic carbocycles. The Balaban J connectivity index is 2.46. The molecule has 0 bridgehead atoms. The third kappa shape index (κ3) is 1.87. The van der Waals surface area contributed by atoms with Crippen molar-refractivity contribution in [3.05, 3.63) is 23.4 Å². The van der Waals surface area contributed by atoms with Gasteiger partial charge >= 0.3 is 0 Å². The summed E-state index contributed by atoms with van der Waals surface area (Å²) in [4.78, 5) is 0. The first-order valence-corrected chi connectivity index (χ1v) is 5.20. The van der Waals surface area contributed by atoms with Crippen molar-refractivity contribution in [3.63, 3.8) is 0 Å². The van der Waals surface area contributed by atoms with Gasteiger partial charge in [0.1, 0.15) is 5.82 Å². The Labute approximate surface area is 92.7 Å². The number of hydrogen-bond acceptors (Lipinski definition) is 3. The summed E-state index contributed by atoms with van der Waals surface area (Å²) in [5.74, 6) is 1.61. The Morgan fingerprint density at radius 3 is 2.80 bits per heavy atom. The second-order valence-electron chi connectivity index (χ2n) is 3.32. The Morgan fingerprint density at radius 1 is 1.40 bits per heavy atom. The molecule has 6 heteroatoms. The predicted molar refractivity (Wildman–Crippen MR) is 57.1 cm³/mol. The molecule has 80 valence electrons. The summed E-state index contributed by atoms with van der Waals surface area (Å²) in [5.41, 5.74) is 0. The highest BCUT2D eigenvalue weighted by atomic mass is 35.5. The van der Waals surface area contributed by atoms with Gasteiger partial charge in [-0.15, -0.1) is 10.2 Å². The molecule has 5 nitrogen and oxygen atoms in total. The van der Waals surface area contributed by atoms with Gasteiger partial charge in [0, 0.05) is 25.7 Å². The molecule has 0 saturated carbocycles. The Bertz CT molecular complexity index is 459. The summed E-state index contributed by atoms with van der Waals surface area (Å²) in [6.45, 7) is 2.09. The van der Waals surface area contributed by atoms with Gasteiger partial charge in [-0.2, -0.15) is 5.10 Å². The van der Waals surface area contributed by atoms with Gasteiger partial charge in [-0.3, -0.25) is 9.25 Å². The molecule has 2 aromatic rings. The minimum Gasteiger partial charge on any atom is -0.274 e. The van der Waals surface area contributed by atoms with E-state index in [2.05, 4.69) is 22.2 Å². The quantitative estimate of drug-likeness (QED) is 0.798. The molecule has 0 unspecified atom stereocenters. The molecule has 0 spiro atoms. The van der Waals surface area contributed by atoms with Crippen LogP contribution in [0.3, 0.4) is 0 Å². The number of aryl methyl sites for hydroxylation is 2. The average molecular weight is 226 g/mol. The lowest BCUT2D eigenvalue weighted by atomic mass is 10.3. The van der Waals surface area contributed by atoms with E-state index in [1.807, 2.05) is 19.3 Å². The fraction of sp³-hybridized carbons (Fsp3) is 0.444. The summed E-state index contributed by atoms with van der Waals surface area (Å²) in [6.07, 6.45) is 3.71. The van der Waals surface area contributed by atoms with Crippen molar-refractivity contribution in [1.82, 2.24) is 24.5 Å². The molecular weight excluding hydrogens is 214 g/mol. The van der Waals surface area contributed by atoms with Crippen molar-refractivity contribution in [3.8, 4) is 5.82 Å². The summed E-state index contributed by atoms with van der Waals surface area (Å²) >= 11 is 5.96. The van der Waals surface area contributed by atoms with Crippen LogP contribution >= 0.6 is 11.6 Å². The lowest BCUT2D eigenvalue weighted by Gasteiger charge is -2.02. The van der Waals surface area contributed by atoms with Crippen LogP contribution < -0.4 is 0 Å². The number of hydrogen-bond donors (Lipinski definition) is 0. The molecule has 0 atom stereocenters.